The number of hydrogen-bond donors (Lipinski definition) is 3. The Morgan fingerprint density at radius 3 is 2.48 bits per heavy atom. The van der Waals surface area contributed by atoms with Crippen molar-refractivity contribution in [2.45, 2.75) is 57.7 Å². The number of ether oxygens (including phenoxy) is 1. The Morgan fingerprint density at radius 1 is 1.22 bits per heavy atom. The molecule has 0 unspecified atom stereocenters. The maximum atomic E-state index is 11.8. The van der Waals surface area contributed by atoms with Gasteiger partial charge in [0.2, 0.25) is 0 Å². The van der Waals surface area contributed by atoms with Gasteiger partial charge in [-0.1, -0.05) is 25.0 Å². The molecule has 1 aromatic carbocycles. The second-order valence-electron chi connectivity index (χ2n) is 6.60. The standard InChI is InChI=1S/C18H28N2O3/c1-14(2)23-16-7-5-15(6-8-16)9-12-19-17(21)20-13-18(22)10-3-4-11-18/h5-8,14,22H,3-4,9-13H2,1-2H3,(H2,19,20,21). The van der Waals surface area contributed by atoms with Gasteiger partial charge in [0.25, 0.3) is 0 Å². The Morgan fingerprint density at radius 2 is 1.87 bits per heavy atom. The van der Waals surface area contributed by atoms with Crippen LogP contribution in [0.4, 0.5) is 4.79 Å². The van der Waals surface area contributed by atoms with Crippen LogP contribution in [-0.4, -0.2) is 35.9 Å². The lowest BCUT2D eigenvalue weighted by atomic mass is 10.0. The first-order chi connectivity index (χ1) is 11.0. The molecule has 1 aliphatic rings. The van der Waals surface area contributed by atoms with Gasteiger partial charge in [0, 0.05) is 13.1 Å². The lowest BCUT2D eigenvalue weighted by Crippen LogP contribution is -2.45. The van der Waals surface area contributed by atoms with Gasteiger partial charge in [-0.3, -0.25) is 0 Å². The molecule has 2 rings (SSSR count). The van der Waals surface area contributed by atoms with Gasteiger partial charge in [-0.2, -0.15) is 0 Å². The molecule has 1 aromatic rings. The monoisotopic (exact) mass is 320 g/mol. The number of carbonyl (C=O) groups excluding carboxylic acids is 1. The summed E-state index contributed by atoms with van der Waals surface area (Å²) in [5.74, 6) is 0.860. The molecule has 5 heteroatoms. The van der Waals surface area contributed by atoms with Crippen LogP contribution in [0.1, 0.15) is 45.1 Å². The molecule has 0 atom stereocenters. The minimum absolute atomic E-state index is 0.167. The van der Waals surface area contributed by atoms with Gasteiger partial charge in [0.05, 0.1) is 11.7 Å². The van der Waals surface area contributed by atoms with Crippen molar-refractivity contribution in [1.82, 2.24) is 10.6 Å². The van der Waals surface area contributed by atoms with Gasteiger partial charge in [-0.25, -0.2) is 4.79 Å². The molecule has 0 bridgehead atoms. The third-order valence-electron chi connectivity index (χ3n) is 4.11. The fourth-order valence-corrected chi connectivity index (χ4v) is 2.84. The molecule has 1 aliphatic carbocycles. The second kappa shape index (κ2) is 8.20. The van der Waals surface area contributed by atoms with Crippen LogP contribution >= 0.6 is 0 Å². The number of hydrogen-bond acceptors (Lipinski definition) is 3. The van der Waals surface area contributed by atoms with Crippen molar-refractivity contribution in [3.05, 3.63) is 29.8 Å². The quantitative estimate of drug-likeness (QED) is 0.723. The van der Waals surface area contributed by atoms with E-state index in [1.54, 1.807) is 0 Å². The molecular formula is C18H28N2O3. The van der Waals surface area contributed by atoms with E-state index < -0.39 is 5.60 Å². The van der Waals surface area contributed by atoms with Crippen LogP contribution in [0.2, 0.25) is 0 Å². The number of urea groups is 1. The van der Waals surface area contributed by atoms with Crippen molar-refractivity contribution < 1.29 is 14.6 Å². The van der Waals surface area contributed by atoms with Gasteiger partial charge in [-0.15, -0.1) is 0 Å². The highest BCUT2D eigenvalue weighted by Gasteiger charge is 2.31. The Kier molecular flexibility index (Phi) is 6.28. The summed E-state index contributed by atoms with van der Waals surface area (Å²) >= 11 is 0. The lowest BCUT2D eigenvalue weighted by molar-refractivity contribution is 0.0501. The second-order valence-corrected chi connectivity index (χ2v) is 6.60. The molecule has 0 heterocycles. The molecule has 23 heavy (non-hydrogen) atoms. The molecule has 3 N–H and O–H groups in total. The molecule has 0 saturated heterocycles. The lowest BCUT2D eigenvalue weighted by Gasteiger charge is -2.22. The molecule has 2 amide bonds. The highest BCUT2D eigenvalue weighted by Crippen LogP contribution is 2.28. The van der Waals surface area contributed by atoms with Crippen LogP contribution < -0.4 is 15.4 Å². The zero-order valence-corrected chi connectivity index (χ0v) is 14.1. The molecule has 1 saturated carbocycles. The van der Waals surface area contributed by atoms with Gasteiger partial charge in [0.1, 0.15) is 5.75 Å². The zero-order chi connectivity index (χ0) is 16.7. The van der Waals surface area contributed by atoms with Crippen LogP contribution in [0.15, 0.2) is 24.3 Å². The van der Waals surface area contributed by atoms with Crippen molar-refractivity contribution in [2.75, 3.05) is 13.1 Å². The van der Waals surface area contributed by atoms with E-state index in [0.717, 1.165) is 43.4 Å². The minimum atomic E-state index is -0.705. The summed E-state index contributed by atoms with van der Waals surface area (Å²) in [5.41, 5.74) is 0.444. The van der Waals surface area contributed by atoms with E-state index in [4.69, 9.17) is 4.74 Å². The summed E-state index contributed by atoms with van der Waals surface area (Å²) < 4.78 is 5.60. The minimum Gasteiger partial charge on any atom is -0.491 e. The molecule has 0 radical (unpaired) electrons. The number of aliphatic hydroxyl groups is 1. The Bertz CT molecular complexity index is 493. The van der Waals surface area contributed by atoms with Crippen molar-refractivity contribution in [3.8, 4) is 5.75 Å². The maximum absolute atomic E-state index is 11.8. The van der Waals surface area contributed by atoms with E-state index in [2.05, 4.69) is 10.6 Å². The SMILES string of the molecule is CC(C)Oc1ccc(CCNC(=O)NCC2(O)CCCC2)cc1. The summed E-state index contributed by atoms with van der Waals surface area (Å²) in [4.78, 5) is 11.8. The Balaban J connectivity index is 1.65. The number of amides is 2. The van der Waals surface area contributed by atoms with E-state index >= 15 is 0 Å². The van der Waals surface area contributed by atoms with Crippen molar-refractivity contribution in [2.24, 2.45) is 0 Å². The van der Waals surface area contributed by atoms with Crippen molar-refractivity contribution in [1.29, 1.82) is 0 Å². The molecular weight excluding hydrogens is 292 g/mol. The maximum Gasteiger partial charge on any atom is 0.314 e. The summed E-state index contributed by atoms with van der Waals surface area (Å²) in [6.45, 7) is 4.89. The van der Waals surface area contributed by atoms with Gasteiger partial charge in [-0.05, 0) is 50.8 Å². The molecule has 1 fully saturated rings. The first-order valence-corrected chi connectivity index (χ1v) is 8.46. The van der Waals surface area contributed by atoms with Gasteiger partial charge >= 0.3 is 6.03 Å². The first-order valence-electron chi connectivity index (χ1n) is 8.46. The summed E-state index contributed by atoms with van der Waals surface area (Å²) in [6, 6.07) is 7.71. The smallest absolute Gasteiger partial charge is 0.314 e. The van der Waals surface area contributed by atoms with Crippen molar-refractivity contribution >= 4 is 6.03 Å². The average molecular weight is 320 g/mol. The van der Waals surface area contributed by atoms with Gasteiger partial charge < -0.3 is 20.5 Å². The fraction of sp³-hybridized carbons (Fsp3) is 0.611. The van der Waals surface area contributed by atoms with E-state index in [9.17, 15) is 9.90 Å². The largest absolute Gasteiger partial charge is 0.491 e. The molecule has 0 spiro atoms. The van der Waals surface area contributed by atoms with E-state index in [1.807, 2.05) is 38.1 Å². The highest BCUT2D eigenvalue weighted by atomic mass is 16.5. The molecule has 128 valence electrons. The van der Waals surface area contributed by atoms with Crippen LogP contribution in [0.3, 0.4) is 0 Å². The molecule has 0 aromatic heterocycles. The predicted octanol–water partition coefficient (Wildman–Crippen LogP) is 2.62. The Hall–Kier alpha value is -1.75. The van der Waals surface area contributed by atoms with Crippen LogP contribution in [0.25, 0.3) is 0 Å². The molecule has 0 aliphatic heterocycles. The topological polar surface area (TPSA) is 70.6 Å². The summed E-state index contributed by atoms with van der Waals surface area (Å²) in [7, 11) is 0. The average Bonchev–Trinajstić information content (AvgIpc) is 2.94. The predicted molar refractivity (Wildman–Crippen MR) is 90.7 cm³/mol. The first kappa shape index (κ1) is 17.6. The summed E-state index contributed by atoms with van der Waals surface area (Å²) in [5, 5.41) is 15.8. The number of nitrogens with one attached hydrogen (secondary N) is 2. The van der Waals surface area contributed by atoms with Crippen LogP contribution in [0.5, 0.6) is 5.75 Å². The third-order valence-corrected chi connectivity index (χ3v) is 4.11. The van der Waals surface area contributed by atoms with E-state index in [0.29, 0.717) is 13.1 Å². The fourth-order valence-electron chi connectivity index (χ4n) is 2.84. The zero-order valence-electron chi connectivity index (χ0n) is 14.1. The third kappa shape index (κ3) is 6.10. The normalized spacial score (nSPS) is 16.3. The highest BCUT2D eigenvalue weighted by molar-refractivity contribution is 5.73. The number of carbonyl (C=O) groups is 1. The van der Waals surface area contributed by atoms with Gasteiger partial charge in [0.15, 0.2) is 0 Å². The van der Waals surface area contributed by atoms with E-state index in [1.165, 1.54) is 0 Å². The summed E-state index contributed by atoms with van der Waals surface area (Å²) in [6.07, 6.45) is 4.56. The number of benzene rings is 1. The van der Waals surface area contributed by atoms with E-state index in [-0.39, 0.29) is 12.1 Å². The van der Waals surface area contributed by atoms with Crippen molar-refractivity contribution in [3.63, 3.8) is 0 Å². The Labute approximate surface area is 138 Å². The van der Waals surface area contributed by atoms with Crippen LogP contribution in [0, 0.1) is 0 Å². The number of rotatable bonds is 7. The van der Waals surface area contributed by atoms with Crippen LogP contribution in [-0.2, 0) is 6.42 Å². The molecule has 5 nitrogen and oxygen atoms in total.